The minimum atomic E-state index is -0.417. The van der Waals surface area contributed by atoms with Crippen LogP contribution < -0.4 is 0 Å². The molecule has 0 saturated carbocycles. The number of aliphatic hydroxyl groups excluding tert-OH is 1. The summed E-state index contributed by atoms with van der Waals surface area (Å²) < 4.78 is 0. The van der Waals surface area contributed by atoms with Crippen LogP contribution in [0, 0.1) is 23.0 Å². The van der Waals surface area contributed by atoms with E-state index < -0.39 is 5.41 Å². The first-order valence-electron chi connectivity index (χ1n) is 23.7. The molecule has 10 aromatic rings. The van der Waals surface area contributed by atoms with Gasteiger partial charge in [-0.2, -0.15) is 0 Å². The Morgan fingerprint density at radius 3 is 1.16 bits per heavy atom. The van der Waals surface area contributed by atoms with Gasteiger partial charge < -0.3 is 15.1 Å². The maximum absolute atomic E-state index is 11.5. The number of rotatable bonds is 3. The minimum absolute atomic E-state index is 0. The quantitative estimate of drug-likeness (QED) is 0.0821. The predicted octanol–water partition coefficient (Wildman–Crippen LogP) is 16.5. The second-order valence-electron chi connectivity index (χ2n) is 22.0. The summed E-state index contributed by atoms with van der Waals surface area (Å²) in [5, 5.41) is 18.6. The largest absolute Gasteiger partial charge is 0.512 e. The number of nitrogens with zero attached hydrogens (tertiary/aromatic N) is 4. The molecule has 7 heteroatoms. The van der Waals surface area contributed by atoms with Crippen molar-refractivity contribution in [3.05, 3.63) is 181 Å². The third kappa shape index (κ3) is 10.9. The van der Waals surface area contributed by atoms with E-state index in [9.17, 15) is 9.90 Å². The van der Waals surface area contributed by atoms with Crippen LogP contribution in [0.5, 0.6) is 0 Å². The molecule has 0 unspecified atom stereocenters. The first-order valence-corrected chi connectivity index (χ1v) is 23.7. The van der Waals surface area contributed by atoms with E-state index in [0.29, 0.717) is 0 Å². The van der Waals surface area contributed by atoms with E-state index in [0.717, 1.165) is 66.1 Å². The monoisotopic (exact) mass is 1100 g/mol. The topological polar surface area (TPSA) is 88.9 Å². The molecular weight excluding hydrogens is 1040 g/mol. The Morgan fingerprint density at radius 1 is 0.457 bits per heavy atom. The molecule has 10 rings (SSSR count). The fourth-order valence-corrected chi connectivity index (χ4v) is 8.20. The maximum Gasteiger partial charge on any atom is 0.164 e. The van der Waals surface area contributed by atoms with Gasteiger partial charge in [0, 0.05) is 71.6 Å². The summed E-state index contributed by atoms with van der Waals surface area (Å²) >= 11 is 0. The van der Waals surface area contributed by atoms with Crippen LogP contribution >= 0.6 is 0 Å². The van der Waals surface area contributed by atoms with Crippen molar-refractivity contribution < 1.29 is 30.0 Å². The molecule has 0 bridgehead atoms. The summed E-state index contributed by atoms with van der Waals surface area (Å²) in [6.45, 7) is 24.5. The molecule has 2 aromatic heterocycles. The van der Waals surface area contributed by atoms with Crippen LogP contribution in [-0.2, 0) is 35.7 Å². The van der Waals surface area contributed by atoms with Gasteiger partial charge in [-0.3, -0.25) is 14.8 Å². The number of aromatic nitrogens is 4. The van der Waals surface area contributed by atoms with Gasteiger partial charge in [0.25, 0.3) is 0 Å². The van der Waals surface area contributed by atoms with Crippen molar-refractivity contribution in [3.63, 3.8) is 0 Å². The fraction of sp³-hybridized carbons (Fsp3) is 0.254. The Labute approximate surface area is 426 Å². The zero-order chi connectivity index (χ0) is 49.5. The van der Waals surface area contributed by atoms with Gasteiger partial charge in [0.05, 0.1) is 22.4 Å². The molecule has 0 fully saturated rings. The number of fused-ring (bicyclic) bond motifs is 12. The number of hydrogen-bond acceptors (Lipinski definition) is 6. The van der Waals surface area contributed by atoms with Gasteiger partial charge in [-0.05, 0) is 32.7 Å². The molecule has 1 N–H and O–H groups in total. The average molecular weight is 1100 g/mol. The van der Waals surface area contributed by atoms with Crippen molar-refractivity contribution in [1.29, 1.82) is 0 Å². The second kappa shape index (κ2) is 20.0. The zero-order valence-electron chi connectivity index (χ0n) is 42.4. The van der Waals surface area contributed by atoms with Crippen molar-refractivity contribution in [2.24, 2.45) is 10.8 Å². The van der Waals surface area contributed by atoms with Gasteiger partial charge in [-0.1, -0.05) is 202 Å². The van der Waals surface area contributed by atoms with E-state index in [2.05, 4.69) is 163 Å². The Morgan fingerprint density at radius 2 is 0.814 bits per heavy atom. The maximum atomic E-state index is 11.5. The van der Waals surface area contributed by atoms with Gasteiger partial charge in [0.1, 0.15) is 5.76 Å². The first kappa shape index (κ1) is 51.2. The van der Waals surface area contributed by atoms with Crippen molar-refractivity contribution in [2.75, 3.05) is 0 Å². The SMILES string of the molecule is CC(C)(C)C(=O)C=C(O)C(C)(C)C.CC(C)(C)c1ccc(-c2cnc3c4[c-]cccc4c4ccccc4c3n2)cc1.CC(C)(C)c1ccc(-c2cnc3c4[c-]cccc4c4ccccc4c3n2)cc1.[Ir]. The molecule has 1 radical (unpaired) electrons. The Hall–Kier alpha value is -6.66. The summed E-state index contributed by atoms with van der Waals surface area (Å²) in [4.78, 5) is 31.2. The van der Waals surface area contributed by atoms with Crippen LogP contribution in [0.3, 0.4) is 0 Å². The van der Waals surface area contributed by atoms with Crippen LogP contribution in [0.2, 0.25) is 0 Å². The summed E-state index contributed by atoms with van der Waals surface area (Å²) in [7, 11) is 0. The molecule has 2 heterocycles. The van der Waals surface area contributed by atoms with Crippen LogP contribution in [0.4, 0.5) is 0 Å². The summed E-state index contributed by atoms with van der Waals surface area (Å²) in [6.07, 6.45) is 5.09. The number of hydrogen-bond donors (Lipinski definition) is 1. The standard InChI is InChI=1S/2C26H21N2.C11H20O2.Ir/c2*1-26(2,3)18-14-12-17(13-15-18)23-16-27-24-21-10-6-4-8-19(21)20-9-5-7-11-22(20)25(24)28-23;1-10(2,3)8(12)7-9(13)11(4,5)6;/h2*4-9,11-16H,1-3H3;7,12H,1-6H3;/q2*-1;;. The summed E-state index contributed by atoms with van der Waals surface area (Å²) in [6, 6.07) is 53.1. The Balaban J connectivity index is 0.000000165. The molecule has 0 atom stereocenters. The van der Waals surface area contributed by atoms with Crippen LogP contribution in [0.15, 0.2) is 158 Å². The fourth-order valence-electron chi connectivity index (χ4n) is 8.20. The van der Waals surface area contributed by atoms with E-state index in [1.807, 2.05) is 78.2 Å². The minimum Gasteiger partial charge on any atom is -0.512 e. The normalized spacial score (nSPS) is 12.4. The zero-order valence-corrected chi connectivity index (χ0v) is 44.8. The Bertz CT molecular complexity index is 3270. The Kier molecular flexibility index (Phi) is 14.6. The van der Waals surface area contributed by atoms with E-state index >= 15 is 0 Å². The molecular formula is C63H62IrN4O2-2. The summed E-state index contributed by atoms with van der Waals surface area (Å²) in [5.74, 6) is 0.104. The molecule has 0 amide bonds. The van der Waals surface area contributed by atoms with Gasteiger partial charge >= 0.3 is 0 Å². The molecule has 70 heavy (non-hydrogen) atoms. The number of ketones is 1. The van der Waals surface area contributed by atoms with Crippen molar-refractivity contribution >= 4 is 70.9 Å². The molecule has 0 aliphatic carbocycles. The predicted molar refractivity (Wildman–Crippen MR) is 290 cm³/mol. The van der Waals surface area contributed by atoms with E-state index in [4.69, 9.17) is 19.9 Å². The third-order valence-corrected chi connectivity index (χ3v) is 12.5. The van der Waals surface area contributed by atoms with Gasteiger partial charge in [-0.25, -0.2) is 0 Å². The van der Waals surface area contributed by atoms with Gasteiger partial charge in [0.2, 0.25) is 0 Å². The number of benzene rings is 8. The molecule has 357 valence electrons. The van der Waals surface area contributed by atoms with Gasteiger partial charge in [-0.15, -0.1) is 59.3 Å². The number of carbonyl (C=O) groups is 1. The first-order chi connectivity index (χ1) is 32.6. The van der Waals surface area contributed by atoms with Gasteiger partial charge in [0.15, 0.2) is 5.78 Å². The second-order valence-corrected chi connectivity index (χ2v) is 22.0. The van der Waals surface area contributed by atoms with E-state index in [-0.39, 0.29) is 47.9 Å². The van der Waals surface area contributed by atoms with Crippen molar-refractivity contribution in [3.8, 4) is 22.5 Å². The van der Waals surface area contributed by atoms with Crippen LogP contribution in [0.1, 0.15) is 94.2 Å². The third-order valence-electron chi connectivity index (χ3n) is 12.5. The molecule has 0 aliphatic rings. The van der Waals surface area contributed by atoms with Crippen LogP contribution in [0.25, 0.3) is 87.7 Å². The molecule has 8 aromatic carbocycles. The molecule has 0 spiro atoms. The molecule has 0 saturated heterocycles. The van der Waals surface area contributed by atoms with Crippen molar-refractivity contribution in [2.45, 2.75) is 93.9 Å². The molecule has 6 nitrogen and oxygen atoms in total. The molecule has 0 aliphatic heterocycles. The summed E-state index contributed by atoms with van der Waals surface area (Å²) in [5.41, 5.74) is 9.79. The average Bonchev–Trinajstić information content (AvgIpc) is 3.33. The van der Waals surface area contributed by atoms with Crippen molar-refractivity contribution in [1.82, 2.24) is 19.9 Å². The number of carbonyl (C=O) groups excluding carboxylic acids is 1. The van der Waals surface area contributed by atoms with Crippen LogP contribution in [-0.4, -0.2) is 30.8 Å². The van der Waals surface area contributed by atoms with E-state index in [1.54, 1.807) is 0 Å². The smallest absolute Gasteiger partial charge is 0.164 e. The van der Waals surface area contributed by atoms with E-state index in [1.165, 1.54) is 38.7 Å². The number of aliphatic hydroxyl groups is 1. The number of allylic oxidation sites excluding steroid dienone is 2.